The molecule has 0 aliphatic rings. The van der Waals surface area contributed by atoms with Gasteiger partial charge in [0.25, 0.3) is 5.91 Å². The lowest BCUT2D eigenvalue weighted by atomic mass is 10.1. The third-order valence-electron chi connectivity index (χ3n) is 4.12. The minimum atomic E-state index is -0.441. The van der Waals surface area contributed by atoms with Crippen LogP contribution in [0.3, 0.4) is 0 Å². The van der Waals surface area contributed by atoms with Gasteiger partial charge >= 0.3 is 5.97 Å². The van der Waals surface area contributed by atoms with E-state index in [1.807, 2.05) is 43.3 Å². The van der Waals surface area contributed by atoms with Gasteiger partial charge in [-0.3, -0.25) is 9.59 Å². The van der Waals surface area contributed by atoms with E-state index >= 15 is 0 Å². The quantitative estimate of drug-likeness (QED) is 0.648. The molecule has 0 saturated carbocycles. The predicted molar refractivity (Wildman–Crippen MR) is 101 cm³/mol. The monoisotopic (exact) mass is 370 g/mol. The average Bonchev–Trinajstić information content (AvgIpc) is 3.03. The normalized spacial score (nSPS) is 11.9. The van der Waals surface area contributed by atoms with Gasteiger partial charge in [0, 0.05) is 22.1 Å². The molecule has 1 amide bonds. The van der Waals surface area contributed by atoms with E-state index in [4.69, 9.17) is 16.3 Å². The molecular weight excluding hydrogens is 352 g/mol. The van der Waals surface area contributed by atoms with E-state index < -0.39 is 5.97 Å². The largest absolute Gasteiger partial charge is 0.455 e. The molecule has 0 aliphatic carbocycles. The van der Waals surface area contributed by atoms with E-state index in [0.717, 1.165) is 22.0 Å². The number of nitrogens with one attached hydrogen (secondary N) is 2. The molecule has 2 N–H and O–H groups in total. The highest BCUT2D eigenvalue weighted by molar-refractivity contribution is 6.30. The lowest BCUT2D eigenvalue weighted by molar-refractivity contribution is -0.148. The Morgan fingerprint density at radius 2 is 1.88 bits per heavy atom. The summed E-state index contributed by atoms with van der Waals surface area (Å²) in [5, 5.41) is 4.41. The van der Waals surface area contributed by atoms with E-state index in [0.29, 0.717) is 5.02 Å². The number of para-hydroxylation sites is 1. The highest BCUT2D eigenvalue weighted by Gasteiger charge is 2.14. The van der Waals surface area contributed by atoms with Gasteiger partial charge in [0.2, 0.25) is 0 Å². The Hall–Kier alpha value is -2.79. The fourth-order valence-electron chi connectivity index (χ4n) is 2.75. The molecule has 3 rings (SSSR count). The summed E-state index contributed by atoms with van der Waals surface area (Å²) in [6, 6.07) is 14.7. The van der Waals surface area contributed by atoms with Crippen molar-refractivity contribution in [3.8, 4) is 0 Å². The molecule has 0 fully saturated rings. The molecule has 6 heteroatoms. The summed E-state index contributed by atoms with van der Waals surface area (Å²) in [4.78, 5) is 27.1. The number of aromatic amines is 1. The smallest absolute Gasteiger partial charge is 0.310 e. The lowest BCUT2D eigenvalue weighted by Gasteiger charge is -2.14. The molecule has 0 saturated heterocycles. The van der Waals surface area contributed by atoms with E-state index in [-0.39, 0.29) is 25.0 Å². The van der Waals surface area contributed by atoms with Crippen LogP contribution in [-0.2, 0) is 20.7 Å². The number of hydrogen-bond donors (Lipinski definition) is 2. The standard InChI is InChI=1S/C20H19ClN2O3/c1-13(14-6-8-16(21)9-7-14)23-19(24)12-26-20(25)10-15-11-22-18-5-3-2-4-17(15)18/h2-9,11,13,22H,10,12H2,1H3,(H,23,24)/t13-/m1/s1. The number of halogens is 1. The number of carbonyl (C=O) groups is 2. The highest BCUT2D eigenvalue weighted by atomic mass is 35.5. The predicted octanol–water partition coefficient (Wildman–Crippen LogP) is 3.78. The Bertz CT molecular complexity index is 918. The maximum atomic E-state index is 12.0. The molecule has 1 atom stereocenters. The summed E-state index contributed by atoms with van der Waals surface area (Å²) in [7, 11) is 0. The second-order valence-corrected chi connectivity index (χ2v) is 6.47. The molecule has 1 aromatic heterocycles. The minimum Gasteiger partial charge on any atom is -0.455 e. The fraction of sp³-hybridized carbons (Fsp3) is 0.200. The van der Waals surface area contributed by atoms with E-state index in [1.54, 1.807) is 18.3 Å². The van der Waals surface area contributed by atoms with Crippen molar-refractivity contribution < 1.29 is 14.3 Å². The first-order valence-electron chi connectivity index (χ1n) is 8.28. The minimum absolute atomic E-state index is 0.115. The Labute approximate surface area is 156 Å². The van der Waals surface area contributed by atoms with Crippen LogP contribution < -0.4 is 5.32 Å². The topological polar surface area (TPSA) is 71.2 Å². The first kappa shape index (κ1) is 18.0. The van der Waals surface area contributed by atoms with Crippen molar-refractivity contribution in [2.24, 2.45) is 0 Å². The van der Waals surface area contributed by atoms with Crippen molar-refractivity contribution in [2.75, 3.05) is 6.61 Å². The van der Waals surface area contributed by atoms with Gasteiger partial charge in [-0.05, 0) is 36.2 Å². The SMILES string of the molecule is C[C@@H](NC(=O)COC(=O)Cc1c[nH]c2ccccc12)c1ccc(Cl)cc1. The molecule has 26 heavy (non-hydrogen) atoms. The fourth-order valence-corrected chi connectivity index (χ4v) is 2.87. The number of carbonyl (C=O) groups excluding carboxylic acids is 2. The zero-order valence-corrected chi connectivity index (χ0v) is 15.0. The molecule has 2 aromatic carbocycles. The molecule has 5 nitrogen and oxygen atoms in total. The van der Waals surface area contributed by atoms with Crippen LogP contribution in [0.2, 0.25) is 5.02 Å². The molecule has 134 valence electrons. The highest BCUT2D eigenvalue weighted by Crippen LogP contribution is 2.18. The maximum Gasteiger partial charge on any atom is 0.310 e. The van der Waals surface area contributed by atoms with Gasteiger partial charge in [-0.25, -0.2) is 0 Å². The van der Waals surface area contributed by atoms with Crippen molar-refractivity contribution in [3.63, 3.8) is 0 Å². The van der Waals surface area contributed by atoms with Gasteiger partial charge in [0.05, 0.1) is 12.5 Å². The van der Waals surface area contributed by atoms with Gasteiger partial charge in [-0.15, -0.1) is 0 Å². The van der Waals surface area contributed by atoms with Crippen molar-refractivity contribution in [3.05, 3.63) is 70.9 Å². The first-order chi connectivity index (χ1) is 12.5. The van der Waals surface area contributed by atoms with Crippen LogP contribution in [0, 0.1) is 0 Å². The zero-order chi connectivity index (χ0) is 18.5. The van der Waals surface area contributed by atoms with Crippen LogP contribution in [-0.4, -0.2) is 23.5 Å². The second kappa shape index (κ2) is 8.06. The number of esters is 1. The number of hydrogen-bond acceptors (Lipinski definition) is 3. The van der Waals surface area contributed by atoms with Crippen molar-refractivity contribution in [1.29, 1.82) is 0 Å². The molecule has 0 unspecified atom stereocenters. The maximum absolute atomic E-state index is 12.0. The van der Waals surface area contributed by atoms with Gasteiger partial charge in [-0.1, -0.05) is 41.9 Å². The summed E-state index contributed by atoms with van der Waals surface area (Å²) in [5.41, 5.74) is 2.73. The van der Waals surface area contributed by atoms with E-state index in [2.05, 4.69) is 10.3 Å². The Morgan fingerprint density at radius 1 is 1.15 bits per heavy atom. The van der Waals surface area contributed by atoms with Gasteiger partial charge in [0.15, 0.2) is 6.61 Å². The molecular formula is C20H19ClN2O3. The summed E-state index contributed by atoms with van der Waals surface area (Å²) in [6.07, 6.45) is 1.90. The lowest BCUT2D eigenvalue weighted by Crippen LogP contribution is -2.31. The molecule has 0 radical (unpaired) electrons. The van der Waals surface area contributed by atoms with Crippen molar-refractivity contribution in [2.45, 2.75) is 19.4 Å². The molecule has 0 spiro atoms. The number of amides is 1. The van der Waals surface area contributed by atoms with E-state index in [9.17, 15) is 9.59 Å². The molecule has 1 heterocycles. The molecule has 0 bridgehead atoms. The third kappa shape index (κ3) is 4.43. The summed E-state index contributed by atoms with van der Waals surface area (Å²) in [5.74, 6) is -0.788. The first-order valence-corrected chi connectivity index (χ1v) is 8.66. The van der Waals surface area contributed by atoms with Gasteiger partial charge < -0.3 is 15.0 Å². The summed E-state index contributed by atoms with van der Waals surface area (Å²) >= 11 is 5.85. The second-order valence-electron chi connectivity index (χ2n) is 6.04. The van der Waals surface area contributed by atoms with Crippen LogP contribution in [0.15, 0.2) is 54.7 Å². The number of rotatable bonds is 6. The number of benzene rings is 2. The average molecular weight is 371 g/mol. The number of H-pyrrole nitrogens is 1. The Morgan fingerprint density at radius 3 is 2.65 bits per heavy atom. The van der Waals surface area contributed by atoms with Crippen LogP contribution >= 0.6 is 11.6 Å². The third-order valence-corrected chi connectivity index (χ3v) is 4.37. The van der Waals surface area contributed by atoms with E-state index in [1.165, 1.54) is 0 Å². The van der Waals surface area contributed by atoms with Crippen LogP contribution in [0.25, 0.3) is 10.9 Å². The molecule has 0 aliphatic heterocycles. The van der Waals surface area contributed by atoms with Gasteiger partial charge in [0.1, 0.15) is 0 Å². The number of aromatic nitrogens is 1. The molecule has 3 aromatic rings. The Kier molecular flexibility index (Phi) is 5.58. The van der Waals surface area contributed by atoms with Crippen molar-refractivity contribution >= 4 is 34.4 Å². The van der Waals surface area contributed by atoms with Crippen molar-refractivity contribution in [1.82, 2.24) is 10.3 Å². The van der Waals surface area contributed by atoms with Crippen LogP contribution in [0.4, 0.5) is 0 Å². The summed E-state index contributed by atoms with van der Waals surface area (Å²) in [6.45, 7) is 1.55. The van der Waals surface area contributed by atoms with Gasteiger partial charge in [-0.2, -0.15) is 0 Å². The summed E-state index contributed by atoms with van der Waals surface area (Å²) < 4.78 is 5.10. The number of ether oxygens (including phenoxy) is 1. The zero-order valence-electron chi connectivity index (χ0n) is 14.3. The number of fused-ring (bicyclic) bond motifs is 1. The Balaban J connectivity index is 1.49. The van der Waals surface area contributed by atoms with Crippen LogP contribution in [0.5, 0.6) is 0 Å². The van der Waals surface area contributed by atoms with Crippen LogP contribution in [0.1, 0.15) is 24.1 Å².